The van der Waals surface area contributed by atoms with Crippen molar-refractivity contribution in [2.24, 2.45) is 0 Å². The summed E-state index contributed by atoms with van der Waals surface area (Å²) in [5.74, 6) is -0.950. The lowest BCUT2D eigenvalue weighted by Gasteiger charge is -2.32. The normalized spacial score (nSPS) is 23.6. The summed E-state index contributed by atoms with van der Waals surface area (Å²) in [6.07, 6.45) is 0.966. The second kappa shape index (κ2) is 6.11. The van der Waals surface area contributed by atoms with Crippen LogP contribution in [0.3, 0.4) is 0 Å². The van der Waals surface area contributed by atoms with Gasteiger partial charge in [-0.3, -0.25) is 4.90 Å². The highest BCUT2D eigenvalue weighted by Gasteiger charge is 2.31. The van der Waals surface area contributed by atoms with Crippen molar-refractivity contribution in [1.82, 2.24) is 9.88 Å². The van der Waals surface area contributed by atoms with E-state index in [1.165, 1.54) is 0 Å². The number of aromatic nitrogens is 1. The van der Waals surface area contributed by atoms with Crippen LogP contribution in [0.4, 0.5) is 20.4 Å². The minimum absolute atomic E-state index is 0.0845. The summed E-state index contributed by atoms with van der Waals surface area (Å²) in [6, 6.07) is 1.29. The van der Waals surface area contributed by atoms with Crippen LogP contribution in [-0.4, -0.2) is 62.4 Å². The van der Waals surface area contributed by atoms with Gasteiger partial charge in [0.05, 0.1) is 13.2 Å². The zero-order valence-electron chi connectivity index (χ0n) is 12.1. The molecule has 1 N–H and O–H groups in total. The van der Waals surface area contributed by atoms with Gasteiger partial charge in [0, 0.05) is 45.3 Å². The van der Waals surface area contributed by atoms with Gasteiger partial charge in [-0.25, -0.2) is 13.8 Å². The molecule has 1 aromatic heterocycles. The van der Waals surface area contributed by atoms with E-state index >= 15 is 0 Å². The highest BCUT2D eigenvalue weighted by molar-refractivity contribution is 5.49. The Hall–Kier alpha value is -1.47. The van der Waals surface area contributed by atoms with Gasteiger partial charge < -0.3 is 15.0 Å². The van der Waals surface area contributed by atoms with E-state index in [2.05, 4.69) is 15.2 Å². The summed E-state index contributed by atoms with van der Waals surface area (Å²) in [7, 11) is 1.58. The van der Waals surface area contributed by atoms with Crippen LogP contribution in [0.1, 0.15) is 6.42 Å². The van der Waals surface area contributed by atoms with Gasteiger partial charge in [-0.2, -0.15) is 0 Å². The molecule has 7 heteroatoms. The summed E-state index contributed by atoms with van der Waals surface area (Å²) in [5.41, 5.74) is 0. The van der Waals surface area contributed by atoms with E-state index < -0.39 is 11.6 Å². The van der Waals surface area contributed by atoms with E-state index in [1.54, 1.807) is 7.05 Å². The largest absolute Gasteiger partial charge is 0.379 e. The number of nitrogens with one attached hydrogen (secondary N) is 1. The molecule has 21 heavy (non-hydrogen) atoms. The van der Waals surface area contributed by atoms with Crippen LogP contribution in [-0.2, 0) is 4.74 Å². The summed E-state index contributed by atoms with van der Waals surface area (Å²) in [5, 5.41) is 2.65. The summed E-state index contributed by atoms with van der Waals surface area (Å²) < 4.78 is 32.8. The molecule has 0 spiro atoms. The van der Waals surface area contributed by atoms with Crippen molar-refractivity contribution in [3.05, 3.63) is 17.7 Å². The molecule has 3 heterocycles. The van der Waals surface area contributed by atoms with Crippen LogP contribution < -0.4 is 10.2 Å². The molecule has 3 rings (SSSR count). The fourth-order valence-electron chi connectivity index (χ4n) is 3.03. The minimum atomic E-state index is -0.664. The monoisotopic (exact) mass is 298 g/mol. The van der Waals surface area contributed by atoms with Gasteiger partial charge in [-0.05, 0) is 6.42 Å². The minimum Gasteiger partial charge on any atom is -0.379 e. The number of halogens is 2. The lowest BCUT2D eigenvalue weighted by molar-refractivity contribution is 0.0209. The Balaban J connectivity index is 1.73. The number of hydrogen-bond acceptors (Lipinski definition) is 5. The average molecular weight is 298 g/mol. The fourth-order valence-corrected chi connectivity index (χ4v) is 3.03. The van der Waals surface area contributed by atoms with E-state index in [0.717, 1.165) is 51.9 Å². The first-order valence-electron chi connectivity index (χ1n) is 7.29. The van der Waals surface area contributed by atoms with Gasteiger partial charge in [0.2, 0.25) is 0 Å². The van der Waals surface area contributed by atoms with Crippen molar-refractivity contribution in [2.75, 3.05) is 56.7 Å². The summed E-state index contributed by atoms with van der Waals surface area (Å²) in [4.78, 5) is 8.35. The van der Waals surface area contributed by atoms with Crippen molar-refractivity contribution in [1.29, 1.82) is 0 Å². The van der Waals surface area contributed by atoms with Crippen LogP contribution in [0.2, 0.25) is 0 Å². The Morgan fingerprint density at radius 3 is 2.71 bits per heavy atom. The third kappa shape index (κ3) is 2.94. The van der Waals surface area contributed by atoms with E-state index in [1.807, 2.05) is 4.90 Å². The number of anilines is 2. The van der Waals surface area contributed by atoms with Crippen LogP contribution in [0.25, 0.3) is 0 Å². The molecular weight excluding hydrogens is 278 g/mol. The van der Waals surface area contributed by atoms with E-state index in [4.69, 9.17) is 4.74 Å². The predicted molar refractivity (Wildman–Crippen MR) is 76.7 cm³/mol. The number of ether oxygens (including phenoxy) is 1. The molecular formula is C14H20F2N4O. The van der Waals surface area contributed by atoms with Gasteiger partial charge >= 0.3 is 0 Å². The van der Waals surface area contributed by atoms with Gasteiger partial charge in [0.15, 0.2) is 23.3 Å². The third-order valence-electron chi connectivity index (χ3n) is 4.17. The first-order valence-corrected chi connectivity index (χ1v) is 7.29. The molecule has 2 aliphatic heterocycles. The highest BCUT2D eigenvalue weighted by atomic mass is 19.1. The Morgan fingerprint density at radius 2 is 2.00 bits per heavy atom. The molecule has 0 amide bonds. The van der Waals surface area contributed by atoms with Crippen LogP contribution in [0.5, 0.6) is 0 Å². The molecule has 5 nitrogen and oxygen atoms in total. The van der Waals surface area contributed by atoms with Gasteiger partial charge in [0.1, 0.15) is 0 Å². The number of morpholine rings is 1. The van der Waals surface area contributed by atoms with Gasteiger partial charge in [-0.1, -0.05) is 0 Å². The fraction of sp³-hybridized carbons (Fsp3) is 0.643. The standard InChI is InChI=1S/C14H20F2N4O/c1-17-13-11(15)8-12(16)14(18-13)20-3-2-10(9-20)19-4-6-21-7-5-19/h8,10H,2-7,9H2,1H3,(H,17,18). The molecule has 1 unspecified atom stereocenters. The second-order valence-electron chi connectivity index (χ2n) is 5.41. The van der Waals surface area contributed by atoms with Gasteiger partial charge in [-0.15, -0.1) is 0 Å². The Morgan fingerprint density at radius 1 is 1.24 bits per heavy atom. The zero-order valence-corrected chi connectivity index (χ0v) is 12.1. The molecule has 2 saturated heterocycles. The molecule has 0 saturated carbocycles. The van der Waals surface area contributed by atoms with Crippen molar-refractivity contribution >= 4 is 11.6 Å². The quantitative estimate of drug-likeness (QED) is 0.911. The highest BCUT2D eigenvalue weighted by Crippen LogP contribution is 2.27. The molecule has 0 aliphatic carbocycles. The maximum Gasteiger partial charge on any atom is 0.168 e. The molecule has 0 bridgehead atoms. The van der Waals surface area contributed by atoms with Crippen molar-refractivity contribution in [3.63, 3.8) is 0 Å². The number of pyridine rings is 1. The molecule has 1 aromatic rings. The number of hydrogen-bond donors (Lipinski definition) is 1. The zero-order chi connectivity index (χ0) is 14.8. The van der Waals surface area contributed by atoms with Crippen molar-refractivity contribution < 1.29 is 13.5 Å². The topological polar surface area (TPSA) is 40.6 Å². The van der Waals surface area contributed by atoms with Crippen LogP contribution >= 0.6 is 0 Å². The molecule has 1 atom stereocenters. The van der Waals surface area contributed by atoms with Crippen LogP contribution in [0, 0.1) is 11.6 Å². The maximum absolute atomic E-state index is 14.0. The molecule has 2 aliphatic rings. The molecule has 2 fully saturated rings. The Labute approximate surface area is 122 Å². The predicted octanol–water partition coefficient (Wildman–Crippen LogP) is 1.31. The van der Waals surface area contributed by atoms with E-state index in [0.29, 0.717) is 6.04 Å². The van der Waals surface area contributed by atoms with Crippen LogP contribution in [0.15, 0.2) is 6.07 Å². The van der Waals surface area contributed by atoms with Crippen molar-refractivity contribution in [3.8, 4) is 0 Å². The van der Waals surface area contributed by atoms with E-state index in [9.17, 15) is 8.78 Å². The molecule has 0 aromatic carbocycles. The lowest BCUT2D eigenvalue weighted by atomic mass is 10.2. The first-order chi connectivity index (χ1) is 10.2. The maximum atomic E-state index is 14.0. The average Bonchev–Trinajstić information content (AvgIpc) is 2.98. The SMILES string of the molecule is CNc1nc(N2CCC(N3CCOCC3)C2)c(F)cc1F. The second-order valence-corrected chi connectivity index (χ2v) is 5.41. The summed E-state index contributed by atoms with van der Waals surface area (Å²) in [6.45, 7) is 4.80. The molecule has 0 radical (unpaired) electrons. The Bertz CT molecular complexity index is 508. The van der Waals surface area contributed by atoms with Crippen molar-refractivity contribution in [2.45, 2.75) is 12.5 Å². The lowest BCUT2D eigenvalue weighted by Crippen LogP contribution is -2.44. The first kappa shape index (κ1) is 14.5. The van der Waals surface area contributed by atoms with Gasteiger partial charge in [0.25, 0.3) is 0 Å². The number of rotatable bonds is 3. The smallest absolute Gasteiger partial charge is 0.168 e. The summed E-state index contributed by atoms with van der Waals surface area (Å²) >= 11 is 0. The third-order valence-corrected chi connectivity index (χ3v) is 4.17. The molecule has 116 valence electrons. The van der Waals surface area contributed by atoms with E-state index in [-0.39, 0.29) is 11.6 Å². The Kier molecular flexibility index (Phi) is 4.21. The number of nitrogens with zero attached hydrogens (tertiary/aromatic N) is 3.